The number of hydrogen-bond acceptors (Lipinski definition) is 19. The average molecular weight is 943 g/mol. The maximum Gasteiger partial charge on any atom is 0.512 e. The van der Waals surface area contributed by atoms with Crippen LogP contribution in [-0.2, 0) is 73.0 Å². The third kappa shape index (κ3) is 11.4. The lowest BCUT2D eigenvalue weighted by Crippen LogP contribution is -2.33. The number of tetrazole rings is 4. The summed E-state index contributed by atoms with van der Waals surface area (Å²) in [7, 11) is 5.76. The molecule has 0 bridgehead atoms. The number of rotatable bonds is 14. The van der Waals surface area contributed by atoms with Crippen molar-refractivity contribution in [3.63, 3.8) is 0 Å². The lowest BCUT2D eigenvalue weighted by molar-refractivity contribution is -0.142. The van der Waals surface area contributed by atoms with Gasteiger partial charge in [-0.1, -0.05) is 0 Å². The zero-order valence-corrected chi connectivity index (χ0v) is 35.5. The van der Waals surface area contributed by atoms with E-state index < -0.39 is 54.2 Å². The van der Waals surface area contributed by atoms with Crippen molar-refractivity contribution >= 4 is 41.5 Å². The minimum absolute atomic E-state index is 0.140. The summed E-state index contributed by atoms with van der Waals surface area (Å²) in [4.78, 5) is 57.8. The molecule has 340 valence electrons. The van der Waals surface area contributed by atoms with E-state index in [1.54, 1.807) is 0 Å². The molecule has 0 spiro atoms. The fraction of sp³-hybridized carbons (Fsp3) is 0.452. The molecule has 2 amide bonds. The summed E-state index contributed by atoms with van der Waals surface area (Å²) in [6.45, 7) is 2.61. The quantitative estimate of drug-likeness (QED) is 0.111. The zero-order valence-electron chi connectivity index (χ0n) is 33.9. The van der Waals surface area contributed by atoms with Crippen LogP contribution in [0.3, 0.4) is 0 Å². The molecule has 0 saturated carbocycles. The van der Waals surface area contributed by atoms with Crippen molar-refractivity contribution in [1.29, 1.82) is 0 Å². The van der Waals surface area contributed by atoms with Gasteiger partial charge in [0, 0.05) is 25.6 Å². The Morgan fingerprint density at radius 3 is 1.34 bits per heavy atom. The summed E-state index contributed by atoms with van der Waals surface area (Å²) in [5.74, 6) is -1.53. The van der Waals surface area contributed by atoms with Gasteiger partial charge in [0.1, 0.15) is 11.4 Å². The van der Waals surface area contributed by atoms with E-state index in [0.717, 1.165) is 54.4 Å². The van der Waals surface area contributed by atoms with Crippen LogP contribution < -0.4 is 11.2 Å². The zero-order chi connectivity index (χ0) is 46.5. The number of aromatic nitrogens is 18. The van der Waals surface area contributed by atoms with Crippen LogP contribution in [0.4, 0.5) is 31.1 Å². The molecule has 2 atom stereocenters. The Morgan fingerprint density at radius 2 is 1.00 bits per heavy atom. The third-order valence-electron chi connectivity index (χ3n) is 8.18. The molecule has 2 unspecified atom stereocenters. The van der Waals surface area contributed by atoms with Crippen molar-refractivity contribution in [2.45, 2.75) is 61.7 Å². The van der Waals surface area contributed by atoms with E-state index in [1.165, 1.54) is 51.6 Å². The number of pyridine rings is 2. The number of halogens is 6. The standard InChI is InChI=1S/C31H32F6N20O5S2/c1-15(56-27(52(3)48-50-56)40-25(58)17-7-9-21(30(32,33)34)38-19(17)11-63-13-23-42-46-54(5)44-23)61-29(60)62-16(2)57-28(53(4)49-51-57)41-26(59)18-8-10-22(31(35,36)37)39-20(18)12-64-14-24-43-47-55(6)45-24/h7-10,15-16H,11-14H2,1-6H3. The van der Waals surface area contributed by atoms with Crippen LogP contribution in [0.5, 0.6) is 0 Å². The third-order valence-corrected chi connectivity index (χ3v) is 10.1. The Labute approximate surface area is 361 Å². The highest BCUT2D eigenvalue weighted by atomic mass is 32.2. The summed E-state index contributed by atoms with van der Waals surface area (Å²) < 4.78 is 96.1. The molecule has 0 fully saturated rings. The Morgan fingerprint density at radius 1 is 0.609 bits per heavy atom. The van der Waals surface area contributed by atoms with Gasteiger partial charge in [0.05, 0.1) is 48.1 Å². The molecule has 0 saturated heterocycles. The normalized spacial score (nSPS) is 13.6. The van der Waals surface area contributed by atoms with Crippen LogP contribution >= 0.6 is 23.5 Å². The molecule has 6 rings (SSSR count). The van der Waals surface area contributed by atoms with Crippen molar-refractivity contribution in [3.8, 4) is 0 Å². The second-order valence-electron chi connectivity index (χ2n) is 13.0. The van der Waals surface area contributed by atoms with Gasteiger partial charge in [-0.2, -0.15) is 55.3 Å². The van der Waals surface area contributed by atoms with Gasteiger partial charge in [0.15, 0.2) is 11.6 Å². The Hall–Kier alpha value is -6.93. The smallest absolute Gasteiger partial charge is 0.408 e. The maximum atomic E-state index is 13.6. The summed E-state index contributed by atoms with van der Waals surface area (Å²) in [5, 5.41) is 38.3. The number of aryl methyl sites for hydroxylation is 4. The molecular weight excluding hydrogens is 911 g/mol. The molecule has 0 N–H and O–H groups in total. The van der Waals surface area contributed by atoms with E-state index in [1.807, 2.05) is 0 Å². The monoisotopic (exact) mass is 942 g/mol. The van der Waals surface area contributed by atoms with Gasteiger partial charge >= 0.3 is 18.5 Å². The van der Waals surface area contributed by atoms with Crippen molar-refractivity contribution in [2.24, 2.45) is 38.2 Å². The molecule has 6 heterocycles. The van der Waals surface area contributed by atoms with E-state index in [-0.39, 0.29) is 56.8 Å². The van der Waals surface area contributed by atoms with Crippen molar-refractivity contribution in [1.82, 2.24) is 90.0 Å². The number of hydrogen-bond donors (Lipinski definition) is 0. The molecule has 0 aliphatic rings. The first kappa shape index (κ1) is 46.6. The number of amides is 2. The van der Waals surface area contributed by atoms with Gasteiger partial charge < -0.3 is 9.47 Å². The summed E-state index contributed by atoms with van der Waals surface area (Å²) >= 11 is 2.15. The first-order chi connectivity index (χ1) is 30.2. The van der Waals surface area contributed by atoms with E-state index in [9.17, 15) is 40.7 Å². The number of carbonyl (C=O) groups is 3. The van der Waals surface area contributed by atoms with Gasteiger partial charge in [-0.05, 0) is 69.4 Å². The van der Waals surface area contributed by atoms with Crippen LogP contribution in [0.2, 0.25) is 0 Å². The molecule has 6 aromatic rings. The molecule has 64 heavy (non-hydrogen) atoms. The SMILES string of the molecule is CC(OC(=O)OC(C)n1nnn(C)c1=NC(=O)c1ccc(C(F)(F)F)nc1CSCc1nnn(C)n1)n1nnn(C)c1=NC(=O)c1ccc(C(F)(F)F)nc1CSCc1nnn(C)n1. The van der Waals surface area contributed by atoms with Crippen LogP contribution in [0.1, 0.15) is 81.4 Å². The van der Waals surface area contributed by atoms with Crippen LogP contribution in [0, 0.1) is 0 Å². The van der Waals surface area contributed by atoms with Crippen LogP contribution in [0.15, 0.2) is 34.3 Å². The predicted molar refractivity (Wildman–Crippen MR) is 201 cm³/mol. The first-order valence-corrected chi connectivity index (χ1v) is 20.3. The second-order valence-corrected chi connectivity index (χ2v) is 14.9. The predicted octanol–water partition coefficient (Wildman–Crippen LogP) is 1.66. The Bertz CT molecular complexity index is 2620. The van der Waals surface area contributed by atoms with E-state index in [0.29, 0.717) is 23.8 Å². The molecular formula is C31H32F6N20O5S2. The van der Waals surface area contributed by atoms with E-state index >= 15 is 0 Å². The van der Waals surface area contributed by atoms with Crippen molar-refractivity contribution in [2.75, 3.05) is 0 Å². The minimum atomic E-state index is -4.81. The molecule has 0 aliphatic carbocycles. The second kappa shape index (κ2) is 19.2. The summed E-state index contributed by atoms with van der Waals surface area (Å²) in [5.41, 5.74) is -4.10. The number of alkyl halides is 6. The van der Waals surface area contributed by atoms with Crippen molar-refractivity contribution < 1.29 is 50.2 Å². The van der Waals surface area contributed by atoms with Gasteiger partial charge in [0.2, 0.25) is 12.5 Å². The van der Waals surface area contributed by atoms with Gasteiger partial charge in [-0.15, -0.1) is 43.9 Å². The van der Waals surface area contributed by atoms with Crippen LogP contribution in [-0.4, -0.2) is 108 Å². The number of ether oxygens (including phenoxy) is 2. The molecule has 0 aromatic carbocycles. The highest BCUT2D eigenvalue weighted by Crippen LogP contribution is 2.31. The van der Waals surface area contributed by atoms with E-state index in [2.05, 4.69) is 71.6 Å². The number of nitrogens with zero attached hydrogens (tertiary/aromatic N) is 20. The number of carbonyl (C=O) groups excluding carboxylic acids is 3. The highest BCUT2D eigenvalue weighted by molar-refractivity contribution is 7.97. The minimum Gasteiger partial charge on any atom is -0.408 e. The maximum absolute atomic E-state index is 13.6. The molecule has 33 heteroatoms. The molecule has 25 nitrogen and oxygen atoms in total. The van der Waals surface area contributed by atoms with Gasteiger partial charge in [-0.25, -0.2) is 24.1 Å². The highest BCUT2D eigenvalue weighted by Gasteiger charge is 2.35. The fourth-order valence-corrected chi connectivity index (χ4v) is 6.88. The summed E-state index contributed by atoms with van der Waals surface area (Å²) in [6, 6.07) is 3.13. The first-order valence-electron chi connectivity index (χ1n) is 18.0. The molecule has 0 aliphatic heterocycles. The van der Waals surface area contributed by atoms with Gasteiger partial charge in [-0.3, -0.25) is 9.59 Å². The Balaban J connectivity index is 1.17. The topological polar surface area (TPSA) is 279 Å². The largest absolute Gasteiger partial charge is 0.512 e. The van der Waals surface area contributed by atoms with E-state index in [4.69, 9.17) is 9.47 Å². The fourth-order valence-electron chi connectivity index (χ4n) is 5.26. The summed E-state index contributed by atoms with van der Waals surface area (Å²) in [6.07, 6.45) is -13.7. The van der Waals surface area contributed by atoms with Crippen LogP contribution in [0.25, 0.3) is 0 Å². The molecule has 0 radical (unpaired) electrons. The number of thioether (sulfide) groups is 2. The lowest BCUT2D eigenvalue weighted by atomic mass is 10.1. The van der Waals surface area contributed by atoms with Gasteiger partial charge in [0.25, 0.3) is 23.1 Å². The van der Waals surface area contributed by atoms with Crippen molar-refractivity contribution in [3.05, 3.63) is 81.1 Å². The average Bonchev–Trinajstić information content (AvgIpc) is 4.02. The Kier molecular flexibility index (Phi) is 14.0. The molecule has 6 aromatic heterocycles. The lowest BCUT2D eigenvalue weighted by Gasteiger charge is -2.16.